The van der Waals surface area contributed by atoms with Gasteiger partial charge in [0.1, 0.15) is 12.1 Å². The summed E-state index contributed by atoms with van der Waals surface area (Å²) in [5, 5.41) is 8.44. The number of unbranched alkanes of at least 4 members (excludes halogenated alkanes) is 1. The Morgan fingerprint density at radius 3 is 2.74 bits per heavy atom. The van der Waals surface area contributed by atoms with Crippen molar-refractivity contribution in [2.75, 3.05) is 5.32 Å². The van der Waals surface area contributed by atoms with Gasteiger partial charge >= 0.3 is 0 Å². The highest BCUT2D eigenvalue weighted by Crippen LogP contribution is 2.20. The van der Waals surface area contributed by atoms with Crippen molar-refractivity contribution in [2.45, 2.75) is 44.0 Å². The molecule has 1 atom stereocenters. The summed E-state index contributed by atoms with van der Waals surface area (Å²) in [6.07, 6.45) is 4.66. The molecule has 0 saturated carbocycles. The summed E-state index contributed by atoms with van der Waals surface area (Å²) in [4.78, 5) is 8.58. The average Bonchev–Trinajstić information content (AvgIpc) is 2.52. The van der Waals surface area contributed by atoms with Gasteiger partial charge in [-0.25, -0.2) is 23.5 Å². The van der Waals surface area contributed by atoms with Crippen LogP contribution in [0.2, 0.25) is 0 Å². The molecule has 0 fully saturated rings. The minimum absolute atomic E-state index is 0.106. The number of primary sulfonamides is 1. The maximum atomic E-state index is 11.4. The lowest BCUT2D eigenvalue weighted by Gasteiger charge is -2.16. The van der Waals surface area contributed by atoms with E-state index in [1.807, 2.05) is 19.1 Å². The summed E-state index contributed by atoms with van der Waals surface area (Å²) in [5.74, 6) is 0.722. The highest BCUT2D eigenvalue weighted by molar-refractivity contribution is 7.89. The summed E-state index contributed by atoms with van der Waals surface area (Å²) in [6.45, 7) is 4.08. The number of benzene rings is 1. The maximum Gasteiger partial charge on any atom is 0.238 e. The van der Waals surface area contributed by atoms with E-state index in [2.05, 4.69) is 22.2 Å². The minimum Gasteiger partial charge on any atom is -0.363 e. The summed E-state index contributed by atoms with van der Waals surface area (Å²) >= 11 is 0. The van der Waals surface area contributed by atoms with Crippen LogP contribution in [0.15, 0.2) is 41.6 Å². The predicted octanol–water partition coefficient (Wildman–Crippen LogP) is 2.64. The molecule has 0 aliphatic heterocycles. The molecule has 0 spiro atoms. The zero-order valence-corrected chi connectivity index (χ0v) is 14.2. The third kappa shape index (κ3) is 5.01. The summed E-state index contributed by atoms with van der Waals surface area (Å²) in [7, 11) is -3.70. The van der Waals surface area contributed by atoms with Crippen LogP contribution in [0, 0.1) is 0 Å². The summed E-state index contributed by atoms with van der Waals surface area (Å²) in [6, 6.07) is 8.41. The molecule has 23 heavy (non-hydrogen) atoms. The third-order valence-corrected chi connectivity index (χ3v) is 4.47. The smallest absolute Gasteiger partial charge is 0.238 e. The highest BCUT2D eigenvalue weighted by Gasteiger charge is 2.12. The van der Waals surface area contributed by atoms with E-state index >= 15 is 0 Å². The average molecular weight is 334 g/mol. The molecule has 0 bridgehead atoms. The van der Waals surface area contributed by atoms with Crippen LogP contribution in [0.4, 0.5) is 5.82 Å². The van der Waals surface area contributed by atoms with Crippen LogP contribution >= 0.6 is 0 Å². The number of nitrogens with zero attached hydrogens (tertiary/aromatic N) is 2. The van der Waals surface area contributed by atoms with Crippen molar-refractivity contribution >= 4 is 15.8 Å². The van der Waals surface area contributed by atoms with Gasteiger partial charge in [0.05, 0.1) is 4.90 Å². The van der Waals surface area contributed by atoms with Gasteiger partial charge in [-0.1, -0.05) is 25.5 Å². The molecule has 0 radical (unpaired) electrons. The molecule has 0 saturated heterocycles. The van der Waals surface area contributed by atoms with Gasteiger partial charge in [0.25, 0.3) is 0 Å². The molecule has 124 valence electrons. The van der Waals surface area contributed by atoms with E-state index in [9.17, 15) is 8.42 Å². The van der Waals surface area contributed by atoms with Crippen LogP contribution in [0.3, 0.4) is 0 Å². The number of hydrogen-bond donors (Lipinski definition) is 2. The molecule has 3 N–H and O–H groups in total. The predicted molar refractivity (Wildman–Crippen MR) is 90.5 cm³/mol. The maximum absolute atomic E-state index is 11.4. The first kappa shape index (κ1) is 17.4. The van der Waals surface area contributed by atoms with Crippen molar-refractivity contribution < 1.29 is 8.42 Å². The Hall–Kier alpha value is -1.99. The van der Waals surface area contributed by atoms with Crippen LogP contribution in [0.5, 0.6) is 0 Å². The van der Waals surface area contributed by atoms with Crippen molar-refractivity contribution in [3.05, 3.63) is 47.9 Å². The van der Waals surface area contributed by atoms with Gasteiger partial charge < -0.3 is 5.32 Å². The molecule has 1 heterocycles. The lowest BCUT2D eigenvalue weighted by atomic mass is 10.1. The third-order valence-electron chi connectivity index (χ3n) is 3.56. The van der Waals surface area contributed by atoms with Crippen molar-refractivity contribution in [3.8, 4) is 0 Å². The molecule has 6 nitrogen and oxygen atoms in total. The van der Waals surface area contributed by atoms with Crippen molar-refractivity contribution in [2.24, 2.45) is 5.14 Å². The monoisotopic (exact) mass is 334 g/mol. The lowest BCUT2D eigenvalue weighted by molar-refractivity contribution is 0.597. The van der Waals surface area contributed by atoms with Crippen LogP contribution in [0.25, 0.3) is 0 Å². The molecule has 1 unspecified atom stereocenters. The molecule has 0 aliphatic carbocycles. The van der Waals surface area contributed by atoms with Gasteiger partial charge in [-0.05, 0) is 37.5 Å². The zero-order chi connectivity index (χ0) is 16.9. The second kappa shape index (κ2) is 7.52. The largest absolute Gasteiger partial charge is 0.363 e. The van der Waals surface area contributed by atoms with Gasteiger partial charge in [-0.2, -0.15) is 0 Å². The van der Waals surface area contributed by atoms with Crippen molar-refractivity contribution in [3.63, 3.8) is 0 Å². The standard InChI is InChI=1S/C16H22N4O2S/c1-3-4-7-14-10-16(19-11-18-14)20-12(2)13-6-5-8-15(9-13)23(17,21)22/h5-6,8-12H,3-4,7H2,1-2H3,(H2,17,21,22)(H,18,19,20). The fourth-order valence-electron chi connectivity index (χ4n) is 2.24. The quantitative estimate of drug-likeness (QED) is 0.811. The Balaban J connectivity index is 2.14. The molecule has 1 aromatic carbocycles. The van der Waals surface area contributed by atoms with Crippen LogP contribution < -0.4 is 10.5 Å². The molecular weight excluding hydrogens is 312 g/mol. The first-order valence-corrected chi connectivity index (χ1v) is 9.15. The number of aryl methyl sites for hydroxylation is 1. The van der Waals surface area contributed by atoms with Crippen molar-refractivity contribution in [1.82, 2.24) is 9.97 Å². The van der Waals surface area contributed by atoms with Crippen molar-refractivity contribution in [1.29, 1.82) is 0 Å². The van der Waals surface area contributed by atoms with E-state index in [-0.39, 0.29) is 10.9 Å². The van der Waals surface area contributed by atoms with Gasteiger partial charge in [0.2, 0.25) is 10.0 Å². The zero-order valence-electron chi connectivity index (χ0n) is 13.4. The Kier molecular flexibility index (Phi) is 5.68. The van der Waals surface area contributed by atoms with E-state index in [1.165, 1.54) is 6.07 Å². The minimum atomic E-state index is -3.70. The van der Waals surface area contributed by atoms with E-state index < -0.39 is 10.0 Å². The number of nitrogens with one attached hydrogen (secondary N) is 1. The van der Waals surface area contributed by atoms with Gasteiger partial charge in [-0.3, -0.25) is 0 Å². The fraction of sp³-hybridized carbons (Fsp3) is 0.375. The SMILES string of the molecule is CCCCc1cc(NC(C)c2cccc(S(N)(=O)=O)c2)ncn1. The highest BCUT2D eigenvalue weighted by atomic mass is 32.2. The number of rotatable bonds is 7. The summed E-state index contributed by atoms with van der Waals surface area (Å²) in [5.41, 5.74) is 1.82. The Morgan fingerprint density at radius 1 is 1.26 bits per heavy atom. The summed E-state index contributed by atoms with van der Waals surface area (Å²) < 4.78 is 22.9. The molecule has 0 aliphatic rings. The molecule has 0 amide bonds. The molecule has 1 aromatic heterocycles. The van der Waals surface area contributed by atoms with Gasteiger partial charge in [-0.15, -0.1) is 0 Å². The van der Waals surface area contributed by atoms with E-state index in [0.717, 1.165) is 36.3 Å². The number of aromatic nitrogens is 2. The Bertz CT molecular complexity index is 762. The number of sulfonamides is 1. The number of nitrogens with two attached hydrogens (primary N) is 1. The van der Waals surface area contributed by atoms with Gasteiger partial charge in [0, 0.05) is 17.8 Å². The van der Waals surface area contributed by atoms with E-state index in [4.69, 9.17) is 5.14 Å². The van der Waals surface area contributed by atoms with Crippen LogP contribution in [-0.2, 0) is 16.4 Å². The molecular formula is C16H22N4O2S. The van der Waals surface area contributed by atoms with E-state index in [0.29, 0.717) is 0 Å². The fourth-order valence-corrected chi connectivity index (χ4v) is 2.81. The van der Waals surface area contributed by atoms with Crippen LogP contribution in [-0.4, -0.2) is 18.4 Å². The molecule has 2 rings (SSSR count). The first-order chi connectivity index (χ1) is 10.9. The first-order valence-electron chi connectivity index (χ1n) is 7.60. The molecule has 7 heteroatoms. The number of hydrogen-bond acceptors (Lipinski definition) is 5. The normalized spacial score (nSPS) is 12.8. The second-order valence-electron chi connectivity index (χ2n) is 5.48. The van der Waals surface area contributed by atoms with Crippen LogP contribution in [0.1, 0.15) is 44.0 Å². The lowest BCUT2D eigenvalue weighted by Crippen LogP contribution is -2.14. The molecule has 2 aromatic rings. The van der Waals surface area contributed by atoms with Gasteiger partial charge in [0.15, 0.2) is 0 Å². The number of anilines is 1. The van der Waals surface area contributed by atoms with E-state index in [1.54, 1.807) is 18.5 Å². The Labute approximate surface area is 137 Å². The topological polar surface area (TPSA) is 98.0 Å². The Morgan fingerprint density at radius 2 is 2.04 bits per heavy atom. The second-order valence-corrected chi connectivity index (χ2v) is 7.04.